The van der Waals surface area contributed by atoms with Gasteiger partial charge in [0.25, 0.3) is 0 Å². The van der Waals surface area contributed by atoms with Gasteiger partial charge in [-0.3, -0.25) is 14.7 Å². The van der Waals surface area contributed by atoms with Crippen molar-refractivity contribution in [2.75, 3.05) is 11.9 Å². The Kier molecular flexibility index (Phi) is 4.89. The minimum Gasteiger partial charge on any atom is -0.347 e. The van der Waals surface area contributed by atoms with Gasteiger partial charge < -0.3 is 10.6 Å². The molecule has 0 bridgehead atoms. The van der Waals surface area contributed by atoms with Gasteiger partial charge in [0.1, 0.15) is 5.82 Å². The second-order valence-corrected chi connectivity index (χ2v) is 4.60. The summed E-state index contributed by atoms with van der Waals surface area (Å²) < 4.78 is 13.5. The normalized spacial score (nSPS) is 10.2. The van der Waals surface area contributed by atoms with Gasteiger partial charge in [-0.15, -0.1) is 0 Å². The molecular formula is C13H12ClFN4O2. The standard InChI is InChI=1S/C13H12ClFN4O2/c14-10-2-1-3-11(15)9(10)4-12(20)16-7-13(21)19-8-5-17-18-6-8/h1-3,5-6H,4,7H2,(H,16,20)(H,17,18)(H,19,21). The molecule has 8 heteroatoms. The molecule has 3 N–H and O–H groups in total. The van der Waals surface area contributed by atoms with Crippen molar-refractivity contribution in [3.05, 3.63) is 47.0 Å². The Hall–Kier alpha value is -2.41. The molecule has 2 amide bonds. The SMILES string of the molecule is O=C(Cc1c(F)cccc1Cl)NCC(=O)Nc1cn[nH]c1. The van der Waals surface area contributed by atoms with Gasteiger partial charge in [-0.05, 0) is 12.1 Å². The lowest BCUT2D eigenvalue weighted by molar-refractivity contribution is -0.123. The monoisotopic (exact) mass is 310 g/mol. The van der Waals surface area contributed by atoms with E-state index in [1.807, 2.05) is 0 Å². The van der Waals surface area contributed by atoms with Crippen molar-refractivity contribution >= 4 is 29.1 Å². The number of aromatic nitrogens is 2. The number of nitrogens with one attached hydrogen (secondary N) is 3. The smallest absolute Gasteiger partial charge is 0.243 e. The van der Waals surface area contributed by atoms with E-state index >= 15 is 0 Å². The molecule has 0 atom stereocenters. The second-order valence-electron chi connectivity index (χ2n) is 4.19. The number of aromatic amines is 1. The van der Waals surface area contributed by atoms with Gasteiger partial charge in [0.15, 0.2) is 0 Å². The van der Waals surface area contributed by atoms with Crippen molar-refractivity contribution < 1.29 is 14.0 Å². The number of halogens is 2. The lowest BCUT2D eigenvalue weighted by Gasteiger charge is -2.07. The summed E-state index contributed by atoms with van der Waals surface area (Å²) in [7, 11) is 0. The van der Waals surface area contributed by atoms with Gasteiger partial charge in [-0.1, -0.05) is 17.7 Å². The van der Waals surface area contributed by atoms with Crippen molar-refractivity contribution in [2.24, 2.45) is 0 Å². The van der Waals surface area contributed by atoms with Crippen LogP contribution < -0.4 is 10.6 Å². The molecular weight excluding hydrogens is 299 g/mol. The van der Waals surface area contributed by atoms with E-state index in [9.17, 15) is 14.0 Å². The first-order chi connectivity index (χ1) is 10.1. The van der Waals surface area contributed by atoms with Crippen molar-refractivity contribution in [1.82, 2.24) is 15.5 Å². The molecule has 21 heavy (non-hydrogen) atoms. The molecule has 0 radical (unpaired) electrons. The van der Waals surface area contributed by atoms with Gasteiger partial charge in [0.05, 0.1) is 24.8 Å². The summed E-state index contributed by atoms with van der Waals surface area (Å²) in [6.07, 6.45) is 2.70. The highest BCUT2D eigenvalue weighted by Crippen LogP contribution is 2.19. The van der Waals surface area contributed by atoms with Crippen LogP contribution in [0, 0.1) is 5.82 Å². The quantitative estimate of drug-likeness (QED) is 0.782. The maximum Gasteiger partial charge on any atom is 0.243 e. The highest BCUT2D eigenvalue weighted by molar-refractivity contribution is 6.31. The van der Waals surface area contributed by atoms with E-state index in [4.69, 9.17) is 11.6 Å². The van der Waals surface area contributed by atoms with Crippen LogP contribution in [0.3, 0.4) is 0 Å². The Balaban J connectivity index is 1.83. The molecule has 1 aromatic heterocycles. The summed E-state index contributed by atoms with van der Waals surface area (Å²) in [5.41, 5.74) is 0.596. The van der Waals surface area contributed by atoms with Gasteiger partial charge >= 0.3 is 0 Å². The predicted octanol–water partition coefficient (Wildman–Crippen LogP) is 1.50. The molecule has 0 unspecified atom stereocenters. The van der Waals surface area contributed by atoms with Crippen LogP contribution in [0.2, 0.25) is 5.02 Å². The van der Waals surface area contributed by atoms with Gasteiger partial charge in [-0.25, -0.2) is 4.39 Å². The van der Waals surface area contributed by atoms with E-state index in [1.165, 1.54) is 30.6 Å². The Morgan fingerprint density at radius 1 is 1.33 bits per heavy atom. The third-order valence-corrected chi connectivity index (χ3v) is 2.98. The fourth-order valence-corrected chi connectivity index (χ4v) is 1.86. The molecule has 0 saturated heterocycles. The first-order valence-corrected chi connectivity index (χ1v) is 6.42. The summed E-state index contributed by atoms with van der Waals surface area (Å²) in [4.78, 5) is 23.2. The molecule has 0 aliphatic rings. The second kappa shape index (κ2) is 6.85. The number of benzene rings is 1. The zero-order chi connectivity index (χ0) is 15.2. The number of hydrogen-bond acceptors (Lipinski definition) is 3. The molecule has 0 spiro atoms. The molecule has 0 fully saturated rings. The number of carbonyl (C=O) groups excluding carboxylic acids is 2. The van der Waals surface area contributed by atoms with E-state index in [-0.39, 0.29) is 23.6 Å². The average Bonchev–Trinajstić information content (AvgIpc) is 2.94. The number of amides is 2. The maximum absolute atomic E-state index is 13.5. The molecule has 110 valence electrons. The fourth-order valence-electron chi connectivity index (χ4n) is 1.63. The average molecular weight is 311 g/mol. The molecule has 0 saturated carbocycles. The first-order valence-electron chi connectivity index (χ1n) is 6.04. The van der Waals surface area contributed by atoms with E-state index in [0.717, 1.165) is 0 Å². The zero-order valence-electron chi connectivity index (χ0n) is 10.8. The van der Waals surface area contributed by atoms with Crippen LogP contribution >= 0.6 is 11.6 Å². The van der Waals surface area contributed by atoms with Gasteiger partial charge in [0, 0.05) is 16.8 Å². The number of nitrogens with zero attached hydrogens (tertiary/aromatic N) is 1. The summed E-state index contributed by atoms with van der Waals surface area (Å²) in [5, 5.41) is 11.3. The van der Waals surface area contributed by atoms with E-state index in [1.54, 1.807) is 0 Å². The number of anilines is 1. The van der Waals surface area contributed by atoms with Crippen LogP contribution in [0.15, 0.2) is 30.6 Å². The van der Waals surface area contributed by atoms with Crippen molar-refractivity contribution in [3.8, 4) is 0 Å². The van der Waals surface area contributed by atoms with Crippen LogP contribution in [0.1, 0.15) is 5.56 Å². The zero-order valence-corrected chi connectivity index (χ0v) is 11.6. The fraction of sp³-hybridized carbons (Fsp3) is 0.154. The van der Waals surface area contributed by atoms with Crippen LogP contribution in [0.25, 0.3) is 0 Å². The first kappa shape index (κ1) is 15.0. The maximum atomic E-state index is 13.5. The predicted molar refractivity (Wildman–Crippen MR) is 75.3 cm³/mol. The lowest BCUT2D eigenvalue weighted by atomic mass is 10.1. The highest BCUT2D eigenvalue weighted by Gasteiger charge is 2.12. The summed E-state index contributed by atoms with van der Waals surface area (Å²) in [6.45, 7) is -0.226. The molecule has 6 nitrogen and oxygen atoms in total. The van der Waals surface area contributed by atoms with Crippen LogP contribution in [-0.2, 0) is 16.0 Å². The van der Waals surface area contributed by atoms with Crippen molar-refractivity contribution in [2.45, 2.75) is 6.42 Å². The van der Waals surface area contributed by atoms with Crippen LogP contribution in [0.5, 0.6) is 0 Å². The lowest BCUT2D eigenvalue weighted by Crippen LogP contribution is -2.33. The molecule has 2 rings (SSSR count). The Labute approximate surface area is 124 Å². The number of hydrogen-bond donors (Lipinski definition) is 3. The number of carbonyl (C=O) groups is 2. The summed E-state index contributed by atoms with van der Waals surface area (Å²) in [5.74, 6) is -1.46. The minimum absolute atomic E-state index is 0.104. The van der Waals surface area contributed by atoms with Crippen molar-refractivity contribution in [3.63, 3.8) is 0 Å². The van der Waals surface area contributed by atoms with E-state index < -0.39 is 17.6 Å². The van der Waals surface area contributed by atoms with Gasteiger partial charge in [0.2, 0.25) is 11.8 Å². The number of rotatable bonds is 5. The van der Waals surface area contributed by atoms with Gasteiger partial charge in [-0.2, -0.15) is 5.10 Å². The van der Waals surface area contributed by atoms with Crippen LogP contribution in [0.4, 0.5) is 10.1 Å². The van der Waals surface area contributed by atoms with Crippen LogP contribution in [-0.4, -0.2) is 28.6 Å². The third-order valence-electron chi connectivity index (χ3n) is 2.63. The minimum atomic E-state index is -0.555. The molecule has 0 aliphatic carbocycles. The summed E-state index contributed by atoms with van der Waals surface area (Å²) in [6, 6.07) is 4.18. The Morgan fingerprint density at radius 2 is 2.14 bits per heavy atom. The topological polar surface area (TPSA) is 86.9 Å². The third kappa shape index (κ3) is 4.28. The Bertz CT molecular complexity index is 625. The highest BCUT2D eigenvalue weighted by atomic mass is 35.5. The number of H-pyrrole nitrogens is 1. The molecule has 1 aromatic carbocycles. The largest absolute Gasteiger partial charge is 0.347 e. The van der Waals surface area contributed by atoms with E-state index in [2.05, 4.69) is 20.8 Å². The summed E-state index contributed by atoms with van der Waals surface area (Å²) >= 11 is 5.82. The molecule has 1 heterocycles. The Morgan fingerprint density at radius 3 is 2.81 bits per heavy atom. The van der Waals surface area contributed by atoms with Crippen molar-refractivity contribution in [1.29, 1.82) is 0 Å². The molecule has 2 aromatic rings. The van der Waals surface area contributed by atoms with E-state index in [0.29, 0.717) is 5.69 Å². The molecule has 0 aliphatic heterocycles.